The minimum Gasteiger partial charge on any atom is -0.339 e. The van der Waals surface area contributed by atoms with Crippen LogP contribution in [0, 0.1) is 11.8 Å². The highest BCUT2D eigenvalue weighted by atomic mass is 16.2. The molecule has 0 bridgehead atoms. The number of benzene rings is 1. The van der Waals surface area contributed by atoms with Crippen LogP contribution in [0.25, 0.3) is 0 Å². The lowest BCUT2D eigenvalue weighted by molar-refractivity contribution is -0.133. The Kier molecular flexibility index (Phi) is 6.69. The molecule has 3 aliphatic rings. The van der Waals surface area contributed by atoms with Crippen LogP contribution in [-0.4, -0.2) is 60.1 Å². The fourth-order valence-electron chi connectivity index (χ4n) is 6.05. The lowest BCUT2D eigenvalue weighted by atomic mass is 9.78. The number of hydrogen-bond donors (Lipinski definition) is 1. The smallest absolute Gasteiger partial charge is 0.250 e. The lowest BCUT2D eigenvalue weighted by Crippen LogP contribution is -2.58. The summed E-state index contributed by atoms with van der Waals surface area (Å²) in [5.41, 5.74) is 6.54. The number of carbonyl (C=O) groups excluding carboxylic acids is 1. The molecule has 1 saturated carbocycles. The molecule has 30 heavy (non-hydrogen) atoms. The van der Waals surface area contributed by atoms with E-state index in [0.29, 0.717) is 25.2 Å². The van der Waals surface area contributed by atoms with Gasteiger partial charge >= 0.3 is 0 Å². The summed E-state index contributed by atoms with van der Waals surface area (Å²) in [6.07, 6.45) is 8.13. The molecule has 0 radical (unpaired) electrons. The quantitative estimate of drug-likeness (QED) is 0.774. The third-order valence-corrected chi connectivity index (χ3v) is 8.04. The van der Waals surface area contributed by atoms with E-state index in [9.17, 15) is 4.79 Å². The molecule has 0 aromatic heterocycles. The minimum absolute atomic E-state index is 0.322. The summed E-state index contributed by atoms with van der Waals surface area (Å²) in [7, 11) is 0. The maximum Gasteiger partial charge on any atom is 0.250 e. The predicted molar refractivity (Wildman–Crippen MR) is 123 cm³/mol. The van der Waals surface area contributed by atoms with Crippen molar-refractivity contribution in [3.05, 3.63) is 30.3 Å². The standard InChI is InChI=1S/C25H40N4O/c1-20(2)21-9-11-22(12-10-21)27-17-13-25(14-18-27)24(30)28(16-6-15-26)19-29(25)23-7-4-3-5-8-23/h3-5,7-8,20-22H,6,9-19,26H2,1-2H3/t21-,22-. The molecule has 1 aromatic carbocycles. The van der Waals surface area contributed by atoms with E-state index in [4.69, 9.17) is 5.73 Å². The average Bonchev–Trinajstić information content (AvgIpc) is 3.05. The summed E-state index contributed by atoms with van der Waals surface area (Å²) in [4.78, 5) is 20.7. The maximum atomic E-state index is 13.6. The molecular formula is C25H40N4O. The molecule has 3 fully saturated rings. The topological polar surface area (TPSA) is 52.8 Å². The zero-order chi connectivity index (χ0) is 21.1. The number of carbonyl (C=O) groups is 1. The van der Waals surface area contributed by atoms with E-state index in [1.165, 1.54) is 31.4 Å². The van der Waals surface area contributed by atoms with Crippen LogP contribution in [-0.2, 0) is 4.79 Å². The zero-order valence-corrected chi connectivity index (χ0v) is 18.9. The van der Waals surface area contributed by atoms with Crippen molar-refractivity contribution in [2.24, 2.45) is 17.6 Å². The van der Waals surface area contributed by atoms with Crippen LogP contribution in [0.2, 0.25) is 0 Å². The van der Waals surface area contributed by atoms with Crippen LogP contribution in [0.15, 0.2) is 30.3 Å². The third kappa shape index (κ3) is 4.11. The molecule has 2 N–H and O–H groups in total. The van der Waals surface area contributed by atoms with Gasteiger partial charge in [0.1, 0.15) is 5.54 Å². The van der Waals surface area contributed by atoms with Crippen molar-refractivity contribution in [3.63, 3.8) is 0 Å². The molecule has 1 amide bonds. The normalized spacial score (nSPS) is 27.4. The Balaban J connectivity index is 1.46. The van der Waals surface area contributed by atoms with Crippen molar-refractivity contribution in [2.45, 2.75) is 70.4 Å². The predicted octanol–water partition coefficient (Wildman–Crippen LogP) is 3.69. The van der Waals surface area contributed by atoms with Crippen molar-refractivity contribution < 1.29 is 4.79 Å². The molecule has 2 heterocycles. The van der Waals surface area contributed by atoms with E-state index in [1.54, 1.807) is 0 Å². The zero-order valence-electron chi connectivity index (χ0n) is 18.9. The molecular weight excluding hydrogens is 372 g/mol. The van der Waals surface area contributed by atoms with Gasteiger partial charge in [-0.2, -0.15) is 0 Å². The Morgan fingerprint density at radius 2 is 1.73 bits per heavy atom. The van der Waals surface area contributed by atoms with Crippen LogP contribution in [0.4, 0.5) is 5.69 Å². The van der Waals surface area contributed by atoms with Gasteiger partial charge in [0.15, 0.2) is 0 Å². The van der Waals surface area contributed by atoms with Gasteiger partial charge in [-0.05, 0) is 75.5 Å². The van der Waals surface area contributed by atoms with Crippen LogP contribution in [0.1, 0.15) is 58.8 Å². The number of anilines is 1. The monoisotopic (exact) mass is 412 g/mol. The molecule has 0 unspecified atom stereocenters. The summed E-state index contributed by atoms with van der Waals surface area (Å²) < 4.78 is 0. The van der Waals surface area contributed by atoms with Crippen molar-refractivity contribution in [1.82, 2.24) is 9.80 Å². The second-order valence-corrected chi connectivity index (χ2v) is 10.00. The van der Waals surface area contributed by atoms with Gasteiger partial charge < -0.3 is 20.4 Å². The molecule has 5 nitrogen and oxygen atoms in total. The van der Waals surface area contributed by atoms with Crippen LogP contribution < -0.4 is 10.6 Å². The molecule has 2 aliphatic heterocycles. The fourth-order valence-corrected chi connectivity index (χ4v) is 6.05. The number of piperidine rings is 1. The van der Waals surface area contributed by atoms with Gasteiger partial charge in [0, 0.05) is 31.4 Å². The Labute approximate surface area is 182 Å². The van der Waals surface area contributed by atoms with Crippen molar-refractivity contribution in [1.29, 1.82) is 0 Å². The molecule has 2 saturated heterocycles. The molecule has 0 atom stereocenters. The van der Waals surface area contributed by atoms with E-state index in [0.717, 1.165) is 50.7 Å². The average molecular weight is 413 g/mol. The highest BCUT2D eigenvalue weighted by molar-refractivity contribution is 5.93. The summed E-state index contributed by atoms with van der Waals surface area (Å²) >= 11 is 0. The van der Waals surface area contributed by atoms with Gasteiger partial charge in [-0.1, -0.05) is 32.0 Å². The summed E-state index contributed by atoms with van der Waals surface area (Å²) in [5, 5.41) is 0. The van der Waals surface area contributed by atoms with Gasteiger partial charge in [0.25, 0.3) is 0 Å². The number of amides is 1. The maximum absolute atomic E-state index is 13.6. The van der Waals surface area contributed by atoms with E-state index in [-0.39, 0.29) is 5.54 Å². The Bertz CT molecular complexity index is 690. The van der Waals surface area contributed by atoms with Crippen molar-refractivity contribution in [3.8, 4) is 0 Å². The second kappa shape index (κ2) is 9.27. The summed E-state index contributed by atoms with van der Waals surface area (Å²) in [5.74, 6) is 2.03. The Morgan fingerprint density at radius 3 is 2.33 bits per heavy atom. The second-order valence-electron chi connectivity index (χ2n) is 10.00. The number of rotatable bonds is 6. The van der Waals surface area contributed by atoms with Gasteiger partial charge in [-0.15, -0.1) is 0 Å². The van der Waals surface area contributed by atoms with Crippen LogP contribution >= 0.6 is 0 Å². The van der Waals surface area contributed by atoms with Gasteiger partial charge in [-0.3, -0.25) is 4.79 Å². The lowest BCUT2D eigenvalue weighted by Gasteiger charge is -2.47. The fraction of sp³-hybridized carbons (Fsp3) is 0.720. The molecule has 1 aromatic rings. The molecule has 166 valence electrons. The van der Waals surface area contributed by atoms with E-state index in [2.05, 4.69) is 54.0 Å². The Morgan fingerprint density at radius 1 is 1.07 bits per heavy atom. The van der Waals surface area contributed by atoms with E-state index >= 15 is 0 Å². The first kappa shape index (κ1) is 21.6. The number of para-hydroxylation sites is 1. The Hall–Kier alpha value is -1.59. The van der Waals surface area contributed by atoms with Gasteiger partial charge in [-0.25, -0.2) is 0 Å². The number of nitrogens with zero attached hydrogens (tertiary/aromatic N) is 3. The van der Waals surface area contributed by atoms with Gasteiger partial charge in [0.05, 0.1) is 6.67 Å². The largest absolute Gasteiger partial charge is 0.339 e. The first-order valence-corrected chi connectivity index (χ1v) is 12.1. The number of nitrogens with two attached hydrogens (primary N) is 1. The first-order valence-electron chi connectivity index (χ1n) is 12.1. The summed E-state index contributed by atoms with van der Waals surface area (Å²) in [6, 6.07) is 11.2. The van der Waals surface area contributed by atoms with E-state index in [1.807, 2.05) is 4.90 Å². The molecule has 4 rings (SSSR count). The van der Waals surface area contributed by atoms with Crippen LogP contribution in [0.5, 0.6) is 0 Å². The first-order chi connectivity index (χ1) is 14.5. The molecule has 1 aliphatic carbocycles. The van der Waals surface area contributed by atoms with E-state index < -0.39 is 0 Å². The van der Waals surface area contributed by atoms with Gasteiger partial charge in [0.2, 0.25) is 5.91 Å². The molecule has 1 spiro atoms. The third-order valence-electron chi connectivity index (χ3n) is 8.04. The molecule has 5 heteroatoms. The summed E-state index contributed by atoms with van der Waals surface area (Å²) in [6.45, 7) is 8.92. The minimum atomic E-state index is -0.373. The van der Waals surface area contributed by atoms with Crippen molar-refractivity contribution in [2.75, 3.05) is 37.7 Å². The number of likely N-dealkylation sites (tertiary alicyclic amines) is 1. The van der Waals surface area contributed by atoms with Crippen molar-refractivity contribution >= 4 is 11.6 Å². The highest BCUT2D eigenvalue weighted by Gasteiger charge is 2.53. The number of hydrogen-bond acceptors (Lipinski definition) is 4. The van der Waals surface area contributed by atoms with Crippen LogP contribution in [0.3, 0.4) is 0 Å². The highest BCUT2D eigenvalue weighted by Crippen LogP contribution is 2.41. The SMILES string of the molecule is CC(C)[C@H]1CC[C@H](N2CCC3(CC2)C(=O)N(CCCN)CN3c2ccccc2)CC1.